The van der Waals surface area contributed by atoms with E-state index in [1.54, 1.807) is 14.1 Å². The first-order valence-electron chi connectivity index (χ1n) is 5.16. The van der Waals surface area contributed by atoms with Gasteiger partial charge in [-0.3, -0.25) is 4.79 Å². The highest BCUT2D eigenvalue weighted by atomic mass is 19.4. The Kier molecular flexibility index (Phi) is 8.37. The second-order valence-corrected chi connectivity index (χ2v) is 4.27. The molecule has 5 nitrogen and oxygen atoms in total. The Balaban J connectivity index is 0. The van der Waals surface area contributed by atoms with Gasteiger partial charge in [-0.15, -0.1) is 0 Å². The molecule has 0 radical (unpaired) electrons. The molecule has 3 N–H and O–H groups in total. The highest BCUT2D eigenvalue weighted by molar-refractivity contribution is 5.81. The molecule has 8 heteroatoms. The van der Waals surface area contributed by atoms with Crippen LogP contribution in [0.5, 0.6) is 0 Å². The van der Waals surface area contributed by atoms with E-state index < -0.39 is 12.1 Å². The summed E-state index contributed by atoms with van der Waals surface area (Å²) in [4.78, 5) is 21.6. The maximum Gasteiger partial charge on any atom is 0.490 e. The van der Waals surface area contributed by atoms with Crippen LogP contribution in [0.25, 0.3) is 0 Å². The topological polar surface area (TPSA) is 83.6 Å². The smallest absolute Gasteiger partial charge is 0.475 e. The second kappa shape index (κ2) is 7.91. The van der Waals surface area contributed by atoms with Crippen molar-refractivity contribution in [2.24, 2.45) is 11.7 Å². The van der Waals surface area contributed by atoms with E-state index >= 15 is 0 Å². The van der Waals surface area contributed by atoms with Crippen LogP contribution in [0, 0.1) is 5.92 Å². The Morgan fingerprint density at radius 3 is 1.78 bits per heavy atom. The Labute approximate surface area is 104 Å². The van der Waals surface area contributed by atoms with Crippen LogP contribution in [0.1, 0.15) is 20.3 Å². The van der Waals surface area contributed by atoms with Crippen LogP contribution in [-0.2, 0) is 9.59 Å². The van der Waals surface area contributed by atoms with Crippen LogP contribution in [0.4, 0.5) is 13.2 Å². The number of likely N-dealkylation sites (N-methyl/N-ethyl adjacent to an activating group) is 1. The van der Waals surface area contributed by atoms with Gasteiger partial charge in [0, 0.05) is 14.1 Å². The molecule has 0 spiro atoms. The minimum Gasteiger partial charge on any atom is -0.475 e. The number of carboxylic acids is 1. The molecule has 0 unspecified atom stereocenters. The number of aliphatic carboxylic acids is 1. The maximum absolute atomic E-state index is 11.2. The Hall–Kier alpha value is -1.31. The summed E-state index contributed by atoms with van der Waals surface area (Å²) in [6.45, 7) is 4.12. The molecule has 0 aromatic carbocycles. The molecular weight excluding hydrogens is 253 g/mol. The molecule has 1 atom stereocenters. The summed E-state index contributed by atoms with van der Waals surface area (Å²) in [6, 6.07) is -0.329. The number of nitrogens with zero attached hydrogens (tertiary/aromatic N) is 1. The normalized spacial score (nSPS) is 12.5. The molecule has 0 fully saturated rings. The molecule has 0 rings (SSSR count). The van der Waals surface area contributed by atoms with Crippen molar-refractivity contribution in [3.05, 3.63) is 0 Å². The van der Waals surface area contributed by atoms with Gasteiger partial charge in [0.05, 0.1) is 6.04 Å². The molecule has 1 amide bonds. The van der Waals surface area contributed by atoms with Gasteiger partial charge in [0.1, 0.15) is 0 Å². The van der Waals surface area contributed by atoms with Gasteiger partial charge < -0.3 is 15.7 Å². The van der Waals surface area contributed by atoms with Crippen molar-refractivity contribution in [1.82, 2.24) is 4.90 Å². The van der Waals surface area contributed by atoms with Gasteiger partial charge in [-0.25, -0.2) is 4.79 Å². The van der Waals surface area contributed by atoms with Gasteiger partial charge in [-0.2, -0.15) is 13.2 Å². The molecule has 0 saturated heterocycles. The van der Waals surface area contributed by atoms with Gasteiger partial charge in [0.2, 0.25) is 5.91 Å². The zero-order chi connectivity index (χ0) is 15.1. The summed E-state index contributed by atoms with van der Waals surface area (Å²) in [7, 11) is 3.45. The lowest BCUT2D eigenvalue weighted by molar-refractivity contribution is -0.192. The van der Waals surface area contributed by atoms with Crippen LogP contribution in [0.15, 0.2) is 0 Å². The van der Waals surface area contributed by atoms with Crippen LogP contribution in [0.3, 0.4) is 0 Å². The Morgan fingerprint density at radius 1 is 1.28 bits per heavy atom. The summed E-state index contributed by atoms with van der Waals surface area (Å²) in [5, 5.41) is 7.12. The molecule has 18 heavy (non-hydrogen) atoms. The van der Waals surface area contributed by atoms with Crippen LogP contribution >= 0.6 is 0 Å². The summed E-state index contributed by atoms with van der Waals surface area (Å²) in [5.41, 5.74) is 5.63. The number of amides is 1. The van der Waals surface area contributed by atoms with Crippen molar-refractivity contribution in [3.8, 4) is 0 Å². The van der Waals surface area contributed by atoms with E-state index in [0.717, 1.165) is 6.42 Å². The quantitative estimate of drug-likeness (QED) is 0.805. The van der Waals surface area contributed by atoms with Gasteiger partial charge in [0.15, 0.2) is 0 Å². The minimum absolute atomic E-state index is 0.0127. The van der Waals surface area contributed by atoms with Crippen molar-refractivity contribution in [1.29, 1.82) is 0 Å². The molecular formula is C10H19F3N2O3. The molecule has 0 heterocycles. The zero-order valence-electron chi connectivity index (χ0n) is 10.8. The maximum atomic E-state index is 11.2. The minimum atomic E-state index is -5.08. The number of alkyl halides is 3. The van der Waals surface area contributed by atoms with Gasteiger partial charge in [-0.1, -0.05) is 13.8 Å². The summed E-state index contributed by atoms with van der Waals surface area (Å²) < 4.78 is 31.7. The summed E-state index contributed by atoms with van der Waals surface area (Å²) in [5.74, 6) is -2.26. The van der Waals surface area contributed by atoms with Gasteiger partial charge in [-0.05, 0) is 12.3 Å². The van der Waals surface area contributed by atoms with E-state index in [-0.39, 0.29) is 11.9 Å². The zero-order valence-corrected chi connectivity index (χ0v) is 10.8. The van der Waals surface area contributed by atoms with E-state index in [9.17, 15) is 18.0 Å². The van der Waals surface area contributed by atoms with Crippen LogP contribution in [0.2, 0.25) is 0 Å². The first-order valence-corrected chi connectivity index (χ1v) is 5.16. The monoisotopic (exact) mass is 272 g/mol. The summed E-state index contributed by atoms with van der Waals surface area (Å²) in [6.07, 6.45) is -4.32. The first-order chi connectivity index (χ1) is 7.89. The molecule has 0 aliphatic carbocycles. The lowest BCUT2D eigenvalue weighted by Gasteiger charge is -2.17. The molecule has 0 saturated carbocycles. The largest absolute Gasteiger partial charge is 0.490 e. The number of halogens is 3. The van der Waals surface area contributed by atoms with Crippen molar-refractivity contribution >= 4 is 11.9 Å². The number of carbonyl (C=O) groups is 2. The van der Waals surface area contributed by atoms with Crippen LogP contribution in [-0.4, -0.2) is 48.2 Å². The Bertz CT molecular complexity index is 278. The molecule has 0 aromatic rings. The van der Waals surface area contributed by atoms with E-state index in [1.165, 1.54) is 4.90 Å². The van der Waals surface area contributed by atoms with E-state index in [2.05, 4.69) is 13.8 Å². The number of hydrogen-bond acceptors (Lipinski definition) is 3. The van der Waals surface area contributed by atoms with Crippen molar-refractivity contribution in [2.75, 3.05) is 14.1 Å². The third kappa shape index (κ3) is 9.88. The number of rotatable bonds is 3. The van der Waals surface area contributed by atoms with E-state index in [0.29, 0.717) is 5.92 Å². The SMILES string of the molecule is CC(C)C[C@H](N)C(=O)N(C)C.O=C(O)C(F)(F)F. The van der Waals surface area contributed by atoms with Crippen molar-refractivity contribution < 1.29 is 27.9 Å². The predicted octanol–water partition coefficient (Wildman–Crippen LogP) is 1.08. The molecule has 0 aliphatic rings. The average Bonchev–Trinajstić information content (AvgIpc) is 2.14. The standard InChI is InChI=1S/C8H18N2O.C2HF3O2/c1-6(2)5-7(9)8(11)10(3)4;3-2(4,5)1(6)7/h6-7H,5,9H2,1-4H3;(H,6,7)/t7-;/m0./s1. The lowest BCUT2D eigenvalue weighted by atomic mass is 10.0. The van der Waals surface area contributed by atoms with Crippen molar-refractivity contribution in [2.45, 2.75) is 32.5 Å². The fourth-order valence-corrected chi connectivity index (χ4v) is 0.940. The number of nitrogens with two attached hydrogens (primary N) is 1. The van der Waals surface area contributed by atoms with Crippen LogP contribution < -0.4 is 5.73 Å². The molecule has 0 bridgehead atoms. The third-order valence-electron chi connectivity index (χ3n) is 1.73. The number of carbonyl (C=O) groups excluding carboxylic acids is 1. The Morgan fingerprint density at radius 2 is 1.61 bits per heavy atom. The van der Waals surface area contributed by atoms with Gasteiger partial charge in [0.25, 0.3) is 0 Å². The molecule has 108 valence electrons. The summed E-state index contributed by atoms with van der Waals surface area (Å²) >= 11 is 0. The first kappa shape index (κ1) is 19.0. The number of hydrogen-bond donors (Lipinski definition) is 2. The average molecular weight is 272 g/mol. The molecule has 0 aromatic heterocycles. The molecule has 0 aliphatic heterocycles. The van der Waals surface area contributed by atoms with E-state index in [1.807, 2.05) is 0 Å². The number of carboxylic acid groups (broad SMARTS) is 1. The highest BCUT2D eigenvalue weighted by Crippen LogP contribution is 2.13. The third-order valence-corrected chi connectivity index (χ3v) is 1.73. The fraction of sp³-hybridized carbons (Fsp3) is 0.800. The predicted molar refractivity (Wildman–Crippen MR) is 59.8 cm³/mol. The lowest BCUT2D eigenvalue weighted by Crippen LogP contribution is -2.40. The van der Waals surface area contributed by atoms with Gasteiger partial charge >= 0.3 is 12.1 Å². The second-order valence-electron chi connectivity index (χ2n) is 4.27. The fourth-order valence-electron chi connectivity index (χ4n) is 0.940. The van der Waals surface area contributed by atoms with Crippen molar-refractivity contribution in [3.63, 3.8) is 0 Å². The highest BCUT2D eigenvalue weighted by Gasteiger charge is 2.38. The van der Waals surface area contributed by atoms with E-state index in [4.69, 9.17) is 15.6 Å².